The van der Waals surface area contributed by atoms with E-state index < -0.39 is 12.0 Å². The Bertz CT molecular complexity index is 787. The number of aryl methyl sites for hydroxylation is 1. The van der Waals surface area contributed by atoms with Crippen LogP contribution in [0.3, 0.4) is 0 Å². The topological polar surface area (TPSA) is 86.6 Å². The monoisotopic (exact) mass is 339 g/mol. The number of rotatable bonds is 4. The first kappa shape index (κ1) is 17.0. The average molecular weight is 339 g/mol. The molecule has 1 aliphatic carbocycles. The Morgan fingerprint density at radius 1 is 1.08 bits per heavy atom. The number of carboxylic acid groups (broad SMARTS) is 1. The van der Waals surface area contributed by atoms with E-state index in [0.717, 1.165) is 24.8 Å². The van der Waals surface area contributed by atoms with Crippen LogP contribution in [0.25, 0.3) is 0 Å². The quantitative estimate of drug-likeness (QED) is 0.748. The fourth-order valence-electron chi connectivity index (χ4n) is 3.38. The van der Waals surface area contributed by atoms with Crippen molar-refractivity contribution in [2.24, 2.45) is 5.92 Å². The Balaban J connectivity index is 1.77. The van der Waals surface area contributed by atoms with Gasteiger partial charge in [-0.2, -0.15) is 0 Å². The summed E-state index contributed by atoms with van der Waals surface area (Å²) in [5.74, 6) is -1.68. The van der Waals surface area contributed by atoms with E-state index in [0.29, 0.717) is 12.0 Å². The molecule has 0 aliphatic heterocycles. The molecule has 25 heavy (non-hydrogen) atoms. The number of hydrogen-bond acceptors (Lipinski definition) is 3. The molecule has 0 spiro atoms. The molecule has 0 heterocycles. The molecule has 0 aromatic heterocycles. The normalized spacial score (nSPS) is 17.8. The maximum Gasteiger partial charge on any atom is 0.330 e. The third-order valence-electron chi connectivity index (χ3n) is 4.69. The van der Waals surface area contributed by atoms with Gasteiger partial charge in [-0.1, -0.05) is 36.4 Å². The fourth-order valence-corrected chi connectivity index (χ4v) is 3.38. The highest BCUT2D eigenvalue weighted by Crippen LogP contribution is 2.26. The van der Waals surface area contributed by atoms with Crippen LogP contribution < -0.4 is 5.32 Å². The zero-order valence-corrected chi connectivity index (χ0v) is 13.8. The number of aliphatic carboxylic acids is 1. The van der Waals surface area contributed by atoms with Crippen molar-refractivity contribution in [1.29, 1.82) is 0 Å². The van der Waals surface area contributed by atoms with Crippen molar-refractivity contribution in [2.45, 2.75) is 31.7 Å². The van der Waals surface area contributed by atoms with Gasteiger partial charge in [0.15, 0.2) is 6.04 Å². The van der Waals surface area contributed by atoms with Crippen LogP contribution in [0.2, 0.25) is 0 Å². The third-order valence-corrected chi connectivity index (χ3v) is 4.69. The first-order valence-corrected chi connectivity index (χ1v) is 8.43. The Hall–Kier alpha value is -2.82. The van der Waals surface area contributed by atoms with Crippen LogP contribution in [-0.2, 0) is 22.4 Å². The van der Waals surface area contributed by atoms with Crippen LogP contribution in [0.15, 0.2) is 48.5 Å². The zero-order chi connectivity index (χ0) is 17.8. The van der Waals surface area contributed by atoms with Crippen LogP contribution in [0.4, 0.5) is 0 Å². The molecule has 2 aromatic carbocycles. The van der Waals surface area contributed by atoms with Gasteiger partial charge in [-0.25, -0.2) is 4.79 Å². The van der Waals surface area contributed by atoms with Crippen molar-refractivity contribution >= 4 is 11.9 Å². The highest BCUT2D eigenvalue weighted by atomic mass is 16.4. The van der Waals surface area contributed by atoms with E-state index in [4.69, 9.17) is 0 Å². The second-order valence-electron chi connectivity index (χ2n) is 6.44. The van der Waals surface area contributed by atoms with Gasteiger partial charge >= 0.3 is 5.97 Å². The number of fused-ring (bicyclic) bond motifs is 1. The van der Waals surface area contributed by atoms with Crippen LogP contribution in [0.1, 0.15) is 35.6 Å². The standard InChI is InChI=1S/C20H21NO4/c22-17-10-4-8-15(12-17)18(20(24)25)21-19(23)16-9-3-7-13-5-1-2-6-14(13)11-16/h1-2,4-6,8,10,12,16,18,22H,3,7,9,11H2,(H,21,23)(H,24,25). The summed E-state index contributed by atoms with van der Waals surface area (Å²) in [6.07, 6.45) is 3.19. The van der Waals surface area contributed by atoms with Gasteiger partial charge in [0.05, 0.1) is 0 Å². The first-order valence-electron chi connectivity index (χ1n) is 8.43. The smallest absolute Gasteiger partial charge is 0.330 e. The van der Waals surface area contributed by atoms with E-state index in [9.17, 15) is 19.8 Å². The summed E-state index contributed by atoms with van der Waals surface area (Å²) < 4.78 is 0. The van der Waals surface area contributed by atoms with Crippen molar-refractivity contribution in [3.8, 4) is 5.75 Å². The molecule has 2 aromatic rings. The highest BCUT2D eigenvalue weighted by Gasteiger charge is 2.28. The first-order chi connectivity index (χ1) is 12.0. The zero-order valence-electron chi connectivity index (χ0n) is 13.8. The molecular weight excluding hydrogens is 318 g/mol. The number of carbonyl (C=O) groups excluding carboxylic acids is 1. The van der Waals surface area contributed by atoms with Crippen LogP contribution in [-0.4, -0.2) is 22.1 Å². The molecule has 0 saturated carbocycles. The number of benzene rings is 2. The summed E-state index contributed by atoms with van der Waals surface area (Å²) in [6, 6.07) is 12.9. The molecule has 3 rings (SSSR count). The van der Waals surface area contributed by atoms with Crippen molar-refractivity contribution in [2.75, 3.05) is 0 Å². The van der Waals surface area contributed by atoms with Gasteiger partial charge < -0.3 is 15.5 Å². The molecule has 0 saturated heterocycles. The summed E-state index contributed by atoms with van der Waals surface area (Å²) in [5.41, 5.74) is 2.78. The second kappa shape index (κ2) is 7.38. The second-order valence-corrected chi connectivity index (χ2v) is 6.44. The van der Waals surface area contributed by atoms with Crippen LogP contribution in [0.5, 0.6) is 5.75 Å². The molecule has 1 amide bonds. The highest BCUT2D eigenvalue weighted by molar-refractivity contribution is 5.86. The fraction of sp³-hybridized carbons (Fsp3) is 0.300. The summed E-state index contributed by atoms with van der Waals surface area (Å²) in [4.78, 5) is 24.3. The number of hydrogen-bond donors (Lipinski definition) is 3. The van der Waals surface area contributed by atoms with E-state index in [1.807, 2.05) is 18.2 Å². The lowest BCUT2D eigenvalue weighted by Crippen LogP contribution is -2.38. The number of aromatic hydroxyl groups is 1. The Morgan fingerprint density at radius 3 is 2.56 bits per heavy atom. The van der Waals surface area contributed by atoms with E-state index in [-0.39, 0.29) is 17.6 Å². The molecule has 0 bridgehead atoms. The number of phenols is 1. The lowest BCUT2D eigenvalue weighted by Gasteiger charge is -2.20. The van der Waals surface area contributed by atoms with Crippen LogP contribution in [0, 0.1) is 5.92 Å². The largest absolute Gasteiger partial charge is 0.508 e. The summed E-state index contributed by atoms with van der Waals surface area (Å²) in [6.45, 7) is 0. The van der Waals surface area contributed by atoms with Gasteiger partial charge in [0.1, 0.15) is 5.75 Å². The number of nitrogens with one attached hydrogen (secondary N) is 1. The Kier molecular flexibility index (Phi) is 5.03. The average Bonchev–Trinajstić information content (AvgIpc) is 2.81. The van der Waals surface area contributed by atoms with E-state index in [1.165, 1.54) is 17.7 Å². The minimum absolute atomic E-state index is 0.0265. The molecule has 2 atom stereocenters. The van der Waals surface area contributed by atoms with Crippen LogP contribution >= 0.6 is 0 Å². The molecule has 130 valence electrons. The van der Waals surface area contributed by atoms with E-state index in [2.05, 4.69) is 11.4 Å². The minimum atomic E-state index is -1.17. The minimum Gasteiger partial charge on any atom is -0.508 e. The van der Waals surface area contributed by atoms with Crippen molar-refractivity contribution in [3.05, 3.63) is 65.2 Å². The number of carbonyl (C=O) groups is 2. The molecule has 1 aliphatic rings. The molecule has 5 heteroatoms. The van der Waals surface area contributed by atoms with Gasteiger partial charge in [0, 0.05) is 5.92 Å². The molecule has 3 N–H and O–H groups in total. The van der Waals surface area contributed by atoms with Crippen molar-refractivity contribution in [1.82, 2.24) is 5.32 Å². The maximum absolute atomic E-state index is 12.7. The third kappa shape index (κ3) is 3.99. The summed E-state index contributed by atoms with van der Waals surface area (Å²) >= 11 is 0. The van der Waals surface area contributed by atoms with Gasteiger partial charge in [0.2, 0.25) is 5.91 Å². The van der Waals surface area contributed by atoms with Gasteiger partial charge in [0.25, 0.3) is 0 Å². The lowest BCUT2D eigenvalue weighted by molar-refractivity contribution is -0.142. The molecule has 0 radical (unpaired) electrons. The molecular formula is C20H21NO4. The van der Waals surface area contributed by atoms with Crippen molar-refractivity contribution < 1.29 is 19.8 Å². The summed E-state index contributed by atoms with van der Waals surface area (Å²) in [5, 5.41) is 21.7. The molecule has 5 nitrogen and oxygen atoms in total. The predicted molar refractivity (Wildman–Crippen MR) is 93.2 cm³/mol. The Morgan fingerprint density at radius 2 is 1.84 bits per heavy atom. The molecule has 2 unspecified atom stereocenters. The maximum atomic E-state index is 12.7. The van der Waals surface area contributed by atoms with Crippen molar-refractivity contribution in [3.63, 3.8) is 0 Å². The van der Waals surface area contributed by atoms with Gasteiger partial charge in [-0.15, -0.1) is 0 Å². The SMILES string of the molecule is O=C(NC(C(=O)O)c1cccc(O)c1)C1CCCc2ccccc2C1. The van der Waals surface area contributed by atoms with Gasteiger partial charge in [-0.05, 0) is 54.5 Å². The number of amides is 1. The number of carboxylic acids is 1. The molecule has 0 fully saturated rings. The lowest BCUT2D eigenvalue weighted by atomic mass is 9.95. The Labute approximate surface area is 146 Å². The van der Waals surface area contributed by atoms with E-state index >= 15 is 0 Å². The summed E-state index contributed by atoms with van der Waals surface area (Å²) in [7, 11) is 0. The van der Waals surface area contributed by atoms with E-state index in [1.54, 1.807) is 12.1 Å². The predicted octanol–water partition coefficient (Wildman–Crippen LogP) is 2.83. The number of phenolic OH excluding ortho intramolecular Hbond substituents is 1. The van der Waals surface area contributed by atoms with Gasteiger partial charge in [-0.3, -0.25) is 4.79 Å².